The van der Waals surface area contributed by atoms with Crippen LogP contribution in [0.25, 0.3) is 0 Å². The zero-order valence-corrected chi connectivity index (χ0v) is 10.8. The second kappa shape index (κ2) is 9.01. The largest absolute Gasteiger partial charge is 0.397 e. The van der Waals surface area contributed by atoms with Crippen molar-refractivity contribution < 1.29 is 37.1 Å². The quantitative estimate of drug-likeness (QED) is 0.140. The van der Waals surface area contributed by atoms with Gasteiger partial charge in [-0.3, -0.25) is 14.4 Å². The summed E-state index contributed by atoms with van der Waals surface area (Å²) in [7, 11) is -5.48. The molecule has 0 aromatic rings. The molecule has 1 unspecified atom stereocenters. The van der Waals surface area contributed by atoms with Crippen molar-refractivity contribution in [2.24, 2.45) is 0 Å². The highest BCUT2D eigenvalue weighted by atomic mass is 32.2. The third-order valence-corrected chi connectivity index (χ3v) is 2.79. The Balaban J connectivity index is 3.31. The molecule has 0 amide bonds. The summed E-state index contributed by atoms with van der Waals surface area (Å²) >= 11 is 0. The second-order valence-electron chi connectivity index (χ2n) is 2.99. The third-order valence-electron chi connectivity index (χ3n) is 1.43. The fourth-order valence-corrected chi connectivity index (χ4v) is 1.85. The molecule has 0 fully saturated rings. The molecule has 0 rings (SSSR count). The SMILES string of the molecule is O=S(=O)(O)CC(O)COCCCO[SiH2]OO. The van der Waals surface area contributed by atoms with Crippen molar-refractivity contribution in [3.05, 3.63) is 0 Å². The van der Waals surface area contributed by atoms with Crippen molar-refractivity contribution in [3.63, 3.8) is 0 Å². The molecule has 0 aromatic heterocycles. The Hall–Kier alpha value is -0.0731. The zero-order chi connectivity index (χ0) is 12.4. The predicted molar refractivity (Wildman–Crippen MR) is 56.1 cm³/mol. The number of hydrogen-bond acceptors (Lipinski definition) is 7. The summed E-state index contributed by atoms with van der Waals surface area (Å²) in [5, 5.41) is 17.0. The van der Waals surface area contributed by atoms with Crippen molar-refractivity contribution >= 4 is 20.1 Å². The zero-order valence-electron chi connectivity index (χ0n) is 8.61. The molecule has 0 heterocycles. The monoisotopic (exact) mass is 276 g/mol. The van der Waals surface area contributed by atoms with Crippen LogP contribution in [0.5, 0.6) is 0 Å². The Morgan fingerprint density at radius 3 is 2.56 bits per heavy atom. The first-order valence-electron chi connectivity index (χ1n) is 4.51. The maximum absolute atomic E-state index is 10.3. The molecular weight excluding hydrogens is 260 g/mol. The first-order chi connectivity index (χ1) is 7.45. The van der Waals surface area contributed by atoms with Gasteiger partial charge in [-0.1, -0.05) is 0 Å². The number of ether oxygens (including phenoxy) is 1. The van der Waals surface area contributed by atoms with Crippen molar-refractivity contribution in [1.29, 1.82) is 0 Å². The summed E-state index contributed by atoms with van der Waals surface area (Å²) in [5.74, 6) is -0.741. The van der Waals surface area contributed by atoms with E-state index in [4.69, 9.17) is 24.1 Å². The van der Waals surface area contributed by atoms with Gasteiger partial charge < -0.3 is 14.3 Å². The Morgan fingerprint density at radius 1 is 1.31 bits per heavy atom. The molecule has 8 nitrogen and oxygen atoms in total. The van der Waals surface area contributed by atoms with E-state index < -0.39 is 32.0 Å². The smallest absolute Gasteiger partial charge is 0.344 e. The van der Waals surface area contributed by atoms with E-state index in [-0.39, 0.29) is 13.2 Å². The maximum Gasteiger partial charge on any atom is 0.344 e. The molecule has 16 heavy (non-hydrogen) atoms. The number of rotatable bonds is 10. The van der Waals surface area contributed by atoms with Gasteiger partial charge in [-0.15, -0.1) is 0 Å². The Kier molecular flexibility index (Phi) is 8.97. The lowest BCUT2D eigenvalue weighted by Crippen LogP contribution is -2.25. The van der Waals surface area contributed by atoms with Gasteiger partial charge in [0.2, 0.25) is 0 Å². The van der Waals surface area contributed by atoms with Crippen LogP contribution in [0.2, 0.25) is 0 Å². The van der Waals surface area contributed by atoms with Gasteiger partial charge in [-0.25, -0.2) is 0 Å². The van der Waals surface area contributed by atoms with E-state index >= 15 is 0 Å². The first kappa shape index (κ1) is 15.9. The third kappa shape index (κ3) is 12.0. The normalized spacial score (nSPS) is 14.7. The minimum absolute atomic E-state index is 0.173. The Morgan fingerprint density at radius 2 is 2.00 bits per heavy atom. The maximum atomic E-state index is 10.3. The lowest BCUT2D eigenvalue weighted by molar-refractivity contribution is -0.152. The molecule has 0 saturated carbocycles. The molecule has 0 aliphatic carbocycles. The molecule has 3 N–H and O–H groups in total. The van der Waals surface area contributed by atoms with Crippen LogP contribution < -0.4 is 0 Å². The van der Waals surface area contributed by atoms with Gasteiger partial charge in [0, 0.05) is 13.2 Å². The molecular formula is C6H16O8SSi. The van der Waals surface area contributed by atoms with Gasteiger partial charge in [-0.2, -0.15) is 8.42 Å². The first-order valence-corrected chi connectivity index (χ1v) is 7.27. The fraction of sp³-hybridized carbons (Fsp3) is 1.00. The minimum Gasteiger partial charge on any atom is -0.397 e. The van der Waals surface area contributed by atoms with Crippen molar-refractivity contribution in [1.82, 2.24) is 0 Å². The number of aliphatic hydroxyl groups is 1. The van der Waals surface area contributed by atoms with E-state index in [1.807, 2.05) is 0 Å². The average molecular weight is 276 g/mol. The molecule has 0 aliphatic rings. The molecule has 10 heteroatoms. The van der Waals surface area contributed by atoms with Crippen LogP contribution in [-0.4, -0.2) is 65.0 Å². The van der Waals surface area contributed by atoms with Crippen molar-refractivity contribution in [2.75, 3.05) is 25.6 Å². The van der Waals surface area contributed by atoms with Crippen LogP contribution in [0.4, 0.5) is 0 Å². The molecule has 0 saturated heterocycles. The van der Waals surface area contributed by atoms with Crippen LogP contribution in [-0.2, 0) is 23.9 Å². The highest BCUT2D eigenvalue weighted by molar-refractivity contribution is 7.85. The van der Waals surface area contributed by atoms with Gasteiger partial charge in [-0.05, 0) is 6.42 Å². The standard InChI is InChI=1S/C6H16O8SSi/c7-6(5-15(9,10)11)4-12-2-1-3-13-16-14-8/h6-8H,1-5,16H2,(H,9,10,11). The van der Waals surface area contributed by atoms with Gasteiger partial charge >= 0.3 is 10.0 Å². The summed E-state index contributed by atoms with van der Waals surface area (Å²) in [6, 6.07) is 0. The van der Waals surface area contributed by atoms with Crippen LogP contribution >= 0.6 is 0 Å². The topological polar surface area (TPSA) is 123 Å². The van der Waals surface area contributed by atoms with E-state index in [0.29, 0.717) is 13.0 Å². The summed E-state index contributed by atoms with van der Waals surface area (Å²) in [4.78, 5) is 0. The van der Waals surface area contributed by atoms with Crippen molar-refractivity contribution in [3.8, 4) is 0 Å². The summed E-state index contributed by atoms with van der Waals surface area (Å²) in [5.41, 5.74) is 0. The van der Waals surface area contributed by atoms with Crippen molar-refractivity contribution in [2.45, 2.75) is 12.5 Å². The van der Waals surface area contributed by atoms with Crippen LogP contribution in [0, 0.1) is 0 Å². The van der Waals surface area contributed by atoms with Crippen LogP contribution in [0.3, 0.4) is 0 Å². The summed E-state index contributed by atoms with van der Waals surface area (Å²) < 4.78 is 42.6. The fourth-order valence-electron chi connectivity index (χ4n) is 0.870. The van der Waals surface area contributed by atoms with E-state index in [1.165, 1.54) is 0 Å². The van der Waals surface area contributed by atoms with E-state index in [2.05, 4.69) is 4.58 Å². The second-order valence-corrected chi connectivity index (χ2v) is 5.39. The van der Waals surface area contributed by atoms with E-state index in [1.54, 1.807) is 0 Å². The van der Waals surface area contributed by atoms with Gasteiger partial charge in [0.15, 0.2) is 0 Å². The van der Waals surface area contributed by atoms with Crippen LogP contribution in [0.15, 0.2) is 0 Å². The van der Waals surface area contributed by atoms with E-state index in [9.17, 15) is 8.42 Å². The predicted octanol–water partition coefficient (Wildman–Crippen LogP) is -1.85. The van der Waals surface area contributed by atoms with Gasteiger partial charge in [0.05, 0.1) is 12.7 Å². The molecule has 98 valence electrons. The molecule has 0 radical (unpaired) electrons. The van der Waals surface area contributed by atoms with Gasteiger partial charge in [0.1, 0.15) is 5.75 Å². The van der Waals surface area contributed by atoms with E-state index in [0.717, 1.165) is 0 Å². The molecule has 0 aliphatic heterocycles. The van der Waals surface area contributed by atoms with Gasteiger partial charge in [0.25, 0.3) is 10.1 Å². The lowest BCUT2D eigenvalue weighted by Gasteiger charge is -2.09. The lowest BCUT2D eigenvalue weighted by atomic mass is 10.4. The number of hydrogen-bond donors (Lipinski definition) is 3. The molecule has 0 bridgehead atoms. The summed E-state index contributed by atoms with van der Waals surface area (Å²) in [6.07, 6.45) is -0.708. The average Bonchev–Trinajstić information content (AvgIpc) is 2.13. The molecule has 1 atom stereocenters. The molecule has 0 aromatic carbocycles. The highest BCUT2D eigenvalue weighted by Crippen LogP contribution is 1.93. The molecule has 0 spiro atoms. The van der Waals surface area contributed by atoms with Crippen LogP contribution in [0.1, 0.15) is 6.42 Å². The minimum atomic E-state index is -4.17. The Labute approximate surface area is 95.9 Å². The Bertz CT molecular complexity index is 255. The summed E-state index contributed by atoms with van der Waals surface area (Å²) in [6.45, 7) is 0.470. The number of aliphatic hydroxyl groups excluding tert-OH is 1. The highest BCUT2D eigenvalue weighted by Gasteiger charge is 2.13.